The van der Waals surface area contributed by atoms with Crippen LogP contribution >= 0.6 is 0 Å². The second-order valence-electron chi connectivity index (χ2n) is 4.06. The monoisotopic (exact) mass is 218 g/mol. The highest BCUT2D eigenvalue weighted by molar-refractivity contribution is 5.73. The fraction of sp³-hybridized carbons (Fsp3) is 0.889. The van der Waals surface area contributed by atoms with Gasteiger partial charge in [0.1, 0.15) is 12.2 Å². The smallest absolute Gasteiger partial charge is 0.335 e. The standard InChI is InChI=1S/C9H14O6/c1-9(2)14-4-5(7(10)11)13-8(12-3)6(4)15-9/h4-6,8H,1-3H3,(H,10,11)/t4-,5+,6+,8-/m1/s1. The van der Waals surface area contributed by atoms with Crippen LogP contribution in [0.4, 0.5) is 0 Å². The lowest BCUT2D eigenvalue weighted by Gasteiger charge is -2.22. The number of hydrogen-bond donors (Lipinski definition) is 1. The first-order valence-corrected chi connectivity index (χ1v) is 4.71. The molecule has 15 heavy (non-hydrogen) atoms. The van der Waals surface area contributed by atoms with Crippen molar-refractivity contribution in [2.75, 3.05) is 7.11 Å². The molecule has 2 saturated heterocycles. The lowest BCUT2D eigenvalue weighted by atomic mass is 10.1. The van der Waals surface area contributed by atoms with Crippen molar-refractivity contribution in [2.45, 2.75) is 44.2 Å². The van der Waals surface area contributed by atoms with E-state index in [-0.39, 0.29) is 0 Å². The van der Waals surface area contributed by atoms with Crippen molar-refractivity contribution < 1.29 is 28.8 Å². The van der Waals surface area contributed by atoms with Gasteiger partial charge in [-0.25, -0.2) is 4.79 Å². The summed E-state index contributed by atoms with van der Waals surface area (Å²) in [6.07, 6.45) is -2.80. The van der Waals surface area contributed by atoms with Crippen molar-refractivity contribution in [1.29, 1.82) is 0 Å². The number of hydrogen-bond acceptors (Lipinski definition) is 5. The van der Waals surface area contributed by atoms with E-state index >= 15 is 0 Å². The highest BCUT2D eigenvalue weighted by Gasteiger charge is 2.57. The fourth-order valence-corrected chi connectivity index (χ4v) is 1.95. The highest BCUT2D eigenvalue weighted by atomic mass is 16.8. The molecule has 2 aliphatic rings. The van der Waals surface area contributed by atoms with Gasteiger partial charge in [0.15, 0.2) is 18.2 Å². The molecule has 0 aromatic carbocycles. The summed E-state index contributed by atoms with van der Waals surface area (Å²) in [5, 5.41) is 8.93. The van der Waals surface area contributed by atoms with Gasteiger partial charge in [0.2, 0.25) is 0 Å². The van der Waals surface area contributed by atoms with Gasteiger partial charge in [-0.05, 0) is 13.8 Å². The quantitative estimate of drug-likeness (QED) is 0.701. The summed E-state index contributed by atoms with van der Waals surface area (Å²) in [5.74, 6) is -1.85. The van der Waals surface area contributed by atoms with Crippen LogP contribution in [0, 0.1) is 0 Å². The van der Waals surface area contributed by atoms with Crippen molar-refractivity contribution in [3.05, 3.63) is 0 Å². The van der Waals surface area contributed by atoms with Crippen molar-refractivity contribution in [3.63, 3.8) is 0 Å². The van der Waals surface area contributed by atoms with E-state index in [1.165, 1.54) is 7.11 Å². The Hall–Kier alpha value is -0.690. The fourth-order valence-electron chi connectivity index (χ4n) is 1.95. The molecule has 0 aromatic heterocycles. The van der Waals surface area contributed by atoms with Gasteiger partial charge in [0.05, 0.1) is 0 Å². The number of ether oxygens (including phenoxy) is 4. The van der Waals surface area contributed by atoms with Crippen LogP contribution < -0.4 is 0 Å². The van der Waals surface area contributed by atoms with Crippen LogP contribution in [-0.4, -0.2) is 48.6 Å². The summed E-state index contributed by atoms with van der Waals surface area (Å²) in [7, 11) is 1.45. The molecule has 0 bridgehead atoms. The molecule has 0 spiro atoms. The molecule has 4 atom stereocenters. The Bertz CT molecular complexity index is 276. The number of rotatable bonds is 2. The molecule has 0 aliphatic carbocycles. The normalized spacial score (nSPS) is 42.9. The van der Waals surface area contributed by atoms with E-state index in [9.17, 15) is 4.79 Å². The number of carbonyl (C=O) groups is 1. The summed E-state index contributed by atoms with van der Waals surface area (Å²) >= 11 is 0. The second kappa shape index (κ2) is 3.41. The zero-order valence-corrected chi connectivity index (χ0v) is 8.80. The second-order valence-corrected chi connectivity index (χ2v) is 4.06. The minimum Gasteiger partial charge on any atom is -0.479 e. The molecule has 6 nitrogen and oxygen atoms in total. The molecule has 2 heterocycles. The minimum absolute atomic E-state index is 0.480. The lowest BCUT2D eigenvalue weighted by Crippen LogP contribution is -2.35. The highest BCUT2D eigenvalue weighted by Crippen LogP contribution is 2.38. The van der Waals surface area contributed by atoms with Crippen molar-refractivity contribution >= 4 is 5.97 Å². The molecule has 2 rings (SSSR count). The van der Waals surface area contributed by atoms with E-state index in [4.69, 9.17) is 24.1 Å². The Kier molecular flexibility index (Phi) is 2.46. The molecular formula is C9H14O6. The molecule has 0 radical (unpaired) electrons. The Morgan fingerprint density at radius 1 is 1.33 bits per heavy atom. The first kappa shape index (κ1) is 10.8. The van der Waals surface area contributed by atoms with E-state index in [2.05, 4.69) is 0 Å². The average molecular weight is 218 g/mol. The average Bonchev–Trinajstić information content (AvgIpc) is 2.57. The van der Waals surface area contributed by atoms with Gasteiger partial charge in [-0.3, -0.25) is 0 Å². The van der Waals surface area contributed by atoms with Crippen molar-refractivity contribution in [2.24, 2.45) is 0 Å². The molecule has 1 N–H and O–H groups in total. The third-order valence-electron chi connectivity index (χ3n) is 2.49. The van der Waals surface area contributed by atoms with Crippen LogP contribution in [0.15, 0.2) is 0 Å². The first-order valence-electron chi connectivity index (χ1n) is 4.71. The third-order valence-corrected chi connectivity index (χ3v) is 2.49. The summed E-state index contributed by atoms with van der Waals surface area (Å²) in [5.41, 5.74) is 0. The predicted octanol–water partition coefficient (Wildman–Crippen LogP) is -0.0376. The molecular weight excluding hydrogens is 204 g/mol. The van der Waals surface area contributed by atoms with E-state index in [0.29, 0.717) is 0 Å². The van der Waals surface area contributed by atoms with Gasteiger partial charge >= 0.3 is 5.97 Å². The maximum atomic E-state index is 10.9. The molecule has 0 aromatic rings. The Morgan fingerprint density at radius 3 is 2.47 bits per heavy atom. The molecule has 0 saturated carbocycles. The molecule has 0 amide bonds. The number of carboxylic acids is 1. The molecule has 6 heteroatoms. The van der Waals surface area contributed by atoms with Gasteiger partial charge in [0.25, 0.3) is 0 Å². The van der Waals surface area contributed by atoms with Crippen LogP contribution in [0.25, 0.3) is 0 Å². The Labute approximate surface area is 87.1 Å². The van der Waals surface area contributed by atoms with E-state index in [0.717, 1.165) is 0 Å². The number of fused-ring (bicyclic) bond motifs is 1. The molecule has 86 valence electrons. The number of carboxylic acid groups (broad SMARTS) is 1. The van der Waals surface area contributed by atoms with Gasteiger partial charge in [-0.2, -0.15) is 0 Å². The largest absolute Gasteiger partial charge is 0.479 e. The Balaban J connectivity index is 2.19. The van der Waals surface area contributed by atoms with Crippen molar-refractivity contribution in [1.82, 2.24) is 0 Å². The zero-order valence-electron chi connectivity index (χ0n) is 8.80. The van der Waals surface area contributed by atoms with Crippen molar-refractivity contribution in [3.8, 4) is 0 Å². The summed E-state index contributed by atoms with van der Waals surface area (Å²) in [6.45, 7) is 3.47. The van der Waals surface area contributed by atoms with Crippen LogP contribution in [-0.2, 0) is 23.7 Å². The van der Waals surface area contributed by atoms with Crippen LogP contribution in [0.5, 0.6) is 0 Å². The number of methoxy groups -OCH3 is 1. The third kappa shape index (κ3) is 1.74. The number of aliphatic carboxylic acids is 1. The van der Waals surface area contributed by atoms with Gasteiger partial charge in [0, 0.05) is 7.11 Å². The topological polar surface area (TPSA) is 74.2 Å². The first-order chi connectivity index (χ1) is 6.94. The lowest BCUT2D eigenvalue weighted by molar-refractivity contribution is -0.229. The summed E-state index contributed by atoms with van der Waals surface area (Å²) < 4.78 is 21.2. The predicted molar refractivity (Wildman–Crippen MR) is 47.1 cm³/mol. The van der Waals surface area contributed by atoms with E-state index in [1.54, 1.807) is 13.8 Å². The summed E-state index contributed by atoms with van der Waals surface area (Å²) in [4.78, 5) is 10.9. The maximum absolute atomic E-state index is 10.9. The summed E-state index contributed by atoms with van der Waals surface area (Å²) in [6, 6.07) is 0. The van der Waals surface area contributed by atoms with Crippen LogP contribution in [0.1, 0.15) is 13.8 Å². The Morgan fingerprint density at radius 2 is 1.93 bits per heavy atom. The van der Waals surface area contributed by atoms with Gasteiger partial charge in [-0.15, -0.1) is 0 Å². The zero-order chi connectivity index (χ0) is 11.2. The minimum atomic E-state index is -1.06. The van der Waals surface area contributed by atoms with Gasteiger partial charge in [-0.1, -0.05) is 0 Å². The van der Waals surface area contributed by atoms with Gasteiger partial charge < -0.3 is 24.1 Å². The maximum Gasteiger partial charge on any atom is 0.335 e. The molecule has 2 aliphatic heterocycles. The SMILES string of the molecule is CO[C@@H]1O[C@H](C(=O)O)[C@H]2OC(C)(C)O[C@H]12. The molecule has 2 fully saturated rings. The van der Waals surface area contributed by atoms with Crippen LogP contribution in [0.2, 0.25) is 0 Å². The van der Waals surface area contributed by atoms with E-state index in [1.807, 2.05) is 0 Å². The van der Waals surface area contributed by atoms with Crippen LogP contribution in [0.3, 0.4) is 0 Å². The molecule has 0 unspecified atom stereocenters. The van der Waals surface area contributed by atoms with E-state index < -0.39 is 36.4 Å².